The molecular weight excluding hydrogens is 275 g/mol. The van der Waals surface area contributed by atoms with Gasteiger partial charge in [-0.05, 0) is 24.1 Å². The summed E-state index contributed by atoms with van der Waals surface area (Å²) < 4.78 is 37.2. The van der Waals surface area contributed by atoms with E-state index in [2.05, 4.69) is 12.6 Å². The van der Waals surface area contributed by atoms with Gasteiger partial charge in [0.05, 0.1) is 5.56 Å². The van der Waals surface area contributed by atoms with Crippen LogP contribution in [0.3, 0.4) is 0 Å². The van der Waals surface area contributed by atoms with Crippen molar-refractivity contribution in [3.05, 3.63) is 35.4 Å². The maximum Gasteiger partial charge on any atom is 0.416 e. The molecule has 1 aromatic rings. The Morgan fingerprint density at radius 2 is 1.89 bits per heavy atom. The molecule has 2 rings (SSSR count). The van der Waals surface area contributed by atoms with E-state index in [0.29, 0.717) is 25.9 Å². The highest BCUT2D eigenvalue weighted by Gasteiger charge is 2.30. The van der Waals surface area contributed by atoms with E-state index in [4.69, 9.17) is 0 Å². The van der Waals surface area contributed by atoms with Crippen molar-refractivity contribution >= 4 is 18.5 Å². The van der Waals surface area contributed by atoms with Crippen LogP contribution in [0.25, 0.3) is 0 Å². The monoisotopic (exact) mass is 289 g/mol. The smallest absolute Gasteiger partial charge is 0.341 e. The van der Waals surface area contributed by atoms with Crippen molar-refractivity contribution in [2.45, 2.75) is 24.3 Å². The molecule has 1 aromatic carbocycles. The standard InChI is InChI=1S/C13H14F3NOS/c14-13(15,16)10-3-1-9(2-4-10)5-6-17-8-11(19)7-12(17)18/h1-4,11,19H,5-8H2. The minimum Gasteiger partial charge on any atom is -0.341 e. The summed E-state index contributed by atoms with van der Waals surface area (Å²) >= 11 is 4.25. The number of nitrogens with zero attached hydrogens (tertiary/aromatic N) is 1. The van der Waals surface area contributed by atoms with Gasteiger partial charge in [-0.25, -0.2) is 0 Å². The number of alkyl halides is 3. The summed E-state index contributed by atoms with van der Waals surface area (Å²) in [6, 6.07) is 5.06. The molecule has 1 aliphatic rings. The van der Waals surface area contributed by atoms with E-state index in [1.807, 2.05) is 0 Å². The highest BCUT2D eigenvalue weighted by Crippen LogP contribution is 2.29. The molecule has 2 nitrogen and oxygen atoms in total. The van der Waals surface area contributed by atoms with Crippen LogP contribution in [0.1, 0.15) is 17.5 Å². The number of thiol groups is 1. The average Bonchev–Trinajstić information content (AvgIpc) is 2.65. The predicted octanol–water partition coefficient (Wildman–Crippen LogP) is 2.78. The van der Waals surface area contributed by atoms with Crippen LogP contribution < -0.4 is 0 Å². The molecule has 0 aliphatic carbocycles. The van der Waals surface area contributed by atoms with Crippen LogP contribution in [-0.4, -0.2) is 29.1 Å². The van der Waals surface area contributed by atoms with Crippen LogP contribution in [0.5, 0.6) is 0 Å². The summed E-state index contributed by atoms with van der Waals surface area (Å²) in [6.45, 7) is 1.14. The highest BCUT2D eigenvalue weighted by atomic mass is 32.1. The third kappa shape index (κ3) is 3.65. The van der Waals surface area contributed by atoms with Gasteiger partial charge in [0, 0.05) is 24.8 Å². The van der Waals surface area contributed by atoms with Crippen molar-refractivity contribution < 1.29 is 18.0 Å². The molecule has 0 spiro atoms. The number of likely N-dealkylation sites (tertiary alicyclic amines) is 1. The summed E-state index contributed by atoms with van der Waals surface area (Å²) in [7, 11) is 0. The fourth-order valence-electron chi connectivity index (χ4n) is 2.09. The fraction of sp³-hybridized carbons (Fsp3) is 0.462. The van der Waals surface area contributed by atoms with Crippen molar-refractivity contribution in [3.63, 3.8) is 0 Å². The molecule has 0 aromatic heterocycles. The van der Waals surface area contributed by atoms with E-state index < -0.39 is 11.7 Å². The van der Waals surface area contributed by atoms with Gasteiger partial charge in [-0.2, -0.15) is 25.8 Å². The summed E-state index contributed by atoms with van der Waals surface area (Å²) in [5.41, 5.74) is 0.146. The van der Waals surface area contributed by atoms with Gasteiger partial charge < -0.3 is 4.90 Å². The van der Waals surface area contributed by atoms with Crippen LogP contribution in [-0.2, 0) is 17.4 Å². The van der Waals surface area contributed by atoms with E-state index in [-0.39, 0.29) is 11.2 Å². The molecule has 1 aliphatic heterocycles. The van der Waals surface area contributed by atoms with Crippen LogP contribution >= 0.6 is 12.6 Å². The highest BCUT2D eigenvalue weighted by molar-refractivity contribution is 7.81. The zero-order valence-electron chi connectivity index (χ0n) is 10.2. The maximum absolute atomic E-state index is 12.4. The molecule has 0 saturated carbocycles. The van der Waals surface area contributed by atoms with Crippen LogP contribution in [0.4, 0.5) is 13.2 Å². The van der Waals surface area contributed by atoms with Crippen LogP contribution in [0.2, 0.25) is 0 Å². The van der Waals surface area contributed by atoms with Gasteiger partial charge in [0.2, 0.25) is 5.91 Å². The first kappa shape index (κ1) is 14.2. The topological polar surface area (TPSA) is 20.3 Å². The molecule has 1 heterocycles. The Bertz CT molecular complexity index is 458. The largest absolute Gasteiger partial charge is 0.416 e. The molecule has 1 saturated heterocycles. The lowest BCUT2D eigenvalue weighted by Crippen LogP contribution is -2.27. The molecule has 0 radical (unpaired) electrons. The van der Waals surface area contributed by atoms with Gasteiger partial charge >= 0.3 is 6.18 Å². The number of hydrogen-bond acceptors (Lipinski definition) is 2. The molecular formula is C13H14F3NOS. The lowest BCUT2D eigenvalue weighted by molar-refractivity contribution is -0.137. The van der Waals surface area contributed by atoms with Gasteiger partial charge in [-0.15, -0.1) is 0 Å². The van der Waals surface area contributed by atoms with E-state index in [1.54, 1.807) is 4.90 Å². The quantitative estimate of drug-likeness (QED) is 0.848. The Balaban J connectivity index is 1.92. The summed E-state index contributed by atoms with van der Waals surface area (Å²) in [6.07, 6.45) is -3.30. The number of benzene rings is 1. The third-order valence-corrected chi connectivity index (χ3v) is 3.49. The van der Waals surface area contributed by atoms with E-state index in [9.17, 15) is 18.0 Å². The van der Waals surface area contributed by atoms with Gasteiger partial charge in [-0.3, -0.25) is 4.79 Å². The molecule has 19 heavy (non-hydrogen) atoms. The number of carbonyl (C=O) groups excluding carboxylic acids is 1. The van der Waals surface area contributed by atoms with Gasteiger partial charge in [0.15, 0.2) is 0 Å². The Morgan fingerprint density at radius 1 is 1.26 bits per heavy atom. The SMILES string of the molecule is O=C1CC(S)CN1CCc1ccc(C(F)(F)F)cc1. The van der Waals surface area contributed by atoms with E-state index >= 15 is 0 Å². The van der Waals surface area contributed by atoms with E-state index in [0.717, 1.165) is 17.7 Å². The van der Waals surface area contributed by atoms with Crippen molar-refractivity contribution in [1.29, 1.82) is 0 Å². The Kier molecular flexibility index (Phi) is 4.08. The summed E-state index contributed by atoms with van der Waals surface area (Å²) in [4.78, 5) is 13.2. The summed E-state index contributed by atoms with van der Waals surface area (Å²) in [5, 5.41) is 0.0695. The molecule has 1 fully saturated rings. The molecule has 1 atom stereocenters. The molecule has 1 unspecified atom stereocenters. The number of amides is 1. The Morgan fingerprint density at radius 3 is 2.37 bits per heavy atom. The average molecular weight is 289 g/mol. The van der Waals surface area contributed by atoms with Crippen molar-refractivity contribution in [2.24, 2.45) is 0 Å². The fourth-order valence-corrected chi connectivity index (χ4v) is 2.45. The zero-order valence-corrected chi connectivity index (χ0v) is 11.0. The predicted molar refractivity (Wildman–Crippen MR) is 69.1 cm³/mol. The first-order chi connectivity index (χ1) is 8.86. The first-order valence-corrected chi connectivity index (χ1v) is 6.50. The Labute approximate surface area is 115 Å². The molecule has 1 amide bonds. The lowest BCUT2D eigenvalue weighted by Gasteiger charge is -2.16. The molecule has 0 N–H and O–H groups in total. The summed E-state index contributed by atoms with van der Waals surface area (Å²) in [5.74, 6) is 0.0620. The van der Waals surface area contributed by atoms with Crippen molar-refractivity contribution in [3.8, 4) is 0 Å². The number of rotatable bonds is 3. The maximum atomic E-state index is 12.4. The Hall–Kier alpha value is -1.17. The second-order valence-electron chi connectivity index (χ2n) is 4.64. The number of halogens is 3. The van der Waals surface area contributed by atoms with Crippen LogP contribution in [0, 0.1) is 0 Å². The van der Waals surface area contributed by atoms with Gasteiger partial charge in [0.25, 0.3) is 0 Å². The lowest BCUT2D eigenvalue weighted by atomic mass is 10.1. The van der Waals surface area contributed by atoms with Crippen molar-refractivity contribution in [2.75, 3.05) is 13.1 Å². The second-order valence-corrected chi connectivity index (χ2v) is 5.37. The second kappa shape index (κ2) is 5.45. The van der Waals surface area contributed by atoms with Crippen molar-refractivity contribution in [1.82, 2.24) is 4.90 Å². The third-order valence-electron chi connectivity index (χ3n) is 3.15. The minimum atomic E-state index is -4.30. The van der Waals surface area contributed by atoms with Gasteiger partial charge in [-0.1, -0.05) is 12.1 Å². The first-order valence-electron chi connectivity index (χ1n) is 5.98. The van der Waals surface area contributed by atoms with Gasteiger partial charge in [0.1, 0.15) is 0 Å². The van der Waals surface area contributed by atoms with Crippen LogP contribution in [0.15, 0.2) is 24.3 Å². The number of carbonyl (C=O) groups is 1. The minimum absolute atomic E-state index is 0.0620. The number of hydrogen-bond donors (Lipinski definition) is 1. The zero-order chi connectivity index (χ0) is 14.0. The normalized spacial score (nSPS) is 20.1. The molecule has 0 bridgehead atoms. The molecule has 104 valence electrons. The molecule has 6 heteroatoms. The van der Waals surface area contributed by atoms with E-state index in [1.165, 1.54) is 12.1 Å².